The fourth-order valence-corrected chi connectivity index (χ4v) is 10.8. The van der Waals surface area contributed by atoms with E-state index in [1.165, 1.54) is 25.6 Å². The van der Waals surface area contributed by atoms with E-state index in [0.717, 1.165) is 54.9 Å². The molecule has 0 atom stereocenters. The lowest BCUT2D eigenvalue weighted by atomic mass is 9.96. The highest BCUT2D eigenvalue weighted by Crippen LogP contribution is 2.45. The Morgan fingerprint density at radius 3 is 1.59 bits per heavy atom. The Bertz CT molecular complexity index is 2610. The molecular weight excluding hydrogens is 634 g/mol. The molecule has 9 rings (SSSR count). The highest BCUT2D eigenvalue weighted by Gasteiger charge is 2.29. The van der Waals surface area contributed by atoms with Gasteiger partial charge in [-0.25, -0.2) is 4.98 Å². The van der Waals surface area contributed by atoms with E-state index in [4.69, 9.17) is 4.98 Å². The van der Waals surface area contributed by atoms with Gasteiger partial charge in [-0.05, 0) is 22.8 Å². The lowest BCUT2D eigenvalue weighted by Crippen LogP contribution is -2.24. The van der Waals surface area contributed by atoms with Crippen LogP contribution < -0.4 is 15.9 Å². The van der Waals surface area contributed by atoms with Gasteiger partial charge in [0.25, 0.3) is 0 Å². The van der Waals surface area contributed by atoms with E-state index < -0.39 is 7.14 Å². The molecule has 0 aliphatic rings. The zero-order valence-corrected chi connectivity index (χ0v) is 28.2. The van der Waals surface area contributed by atoms with E-state index in [1.54, 1.807) is 0 Å². The monoisotopic (exact) mass is 663 g/mol. The van der Waals surface area contributed by atoms with E-state index in [2.05, 4.69) is 109 Å². The minimum absolute atomic E-state index is 0.827. The van der Waals surface area contributed by atoms with E-state index in [-0.39, 0.29) is 0 Å². The first-order valence-corrected chi connectivity index (χ1v) is 18.9. The Morgan fingerprint density at radius 2 is 0.939 bits per heavy atom. The molecule has 0 saturated carbocycles. The van der Waals surface area contributed by atoms with Crippen LogP contribution in [-0.4, -0.2) is 4.98 Å². The Kier molecular flexibility index (Phi) is 7.31. The molecule has 0 bridgehead atoms. The standard InChI is InChI=1S/C45H30NOPS/c47-48(35-15-6-2-7-16-35,36-17-8-3-9-18-36)37-29-27-32(28-30-37)31-23-25-33(26-24-31)38-20-12-21-40-42-39-19-10-11-22-41(39)49-45(42)43(46-44(38)40)34-13-4-1-5-14-34/h1-30H. The van der Waals surface area contributed by atoms with Crippen molar-refractivity contribution in [3.8, 4) is 33.5 Å². The van der Waals surface area contributed by atoms with Crippen molar-refractivity contribution >= 4 is 65.5 Å². The molecule has 2 aromatic heterocycles. The van der Waals surface area contributed by atoms with Gasteiger partial charge in [-0.15, -0.1) is 11.3 Å². The molecule has 0 radical (unpaired) electrons. The number of nitrogens with zero attached hydrogens (tertiary/aromatic N) is 1. The van der Waals surface area contributed by atoms with Gasteiger partial charge in [0.2, 0.25) is 0 Å². The van der Waals surface area contributed by atoms with Crippen LogP contribution in [0.3, 0.4) is 0 Å². The molecule has 2 heterocycles. The summed E-state index contributed by atoms with van der Waals surface area (Å²) in [7, 11) is -3.02. The topological polar surface area (TPSA) is 30.0 Å². The Hall–Kier alpha value is -5.60. The van der Waals surface area contributed by atoms with Crippen molar-refractivity contribution < 1.29 is 4.57 Å². The number of pyridine rings is 1. The van der Waals surface area contributed by atoms with E-state index >= 15 is 0 Å². The number of hydrogen-bond donors (Lipinski definition) is 0. The third-order valence-corrected chi connectivity index (χ3v) is 13.6. The molecule has 0 fully saturated rings. The van der Waals surface area contributed by atoms with Crippen LogP contribution in [-0.2, 0) is 4.57 Å². The first-order valence-electron chi connectivity index (χ1n) is 16.4. The van der Waals surface area contributed by atoms with Gasteiger partial charge in [0.05, 0.1) is 15.9 Å². The Morgan fingerprint density at radius 1 is 0.429 bits per heavy atom. The zero-order valence-electron chi connectivity index (χ0n) is 26.5. The van der Waals surface area contributed by atoms with E-state index in [0.29, 0.717) is 0 Å². The number of fused-ring (bicyclic) bond motifs is 5. The van der Waals surface area contributed by atoms with Gasteiger partial charge in [-0.1, -0.05) is 176 Å². The summed E-state index contributed by atoms with van der Waals surface area (Å²) in [5, 5.41) is 6.22. The minimum atomic E-state index is -3.02. The molecule has 0 aliphatic carbocycles. The molecule has 0 amide bonds. The molecule has 49 heavy (non-hydrogen) atoms. The van der Waals surface area contributed by atoms with Crippen LogP contribution in [0.4, 0.5) is 0 Å². The van der Waals surface area contributed by atoms with Gasteiger partial charge < -0.3 is 4.57 Å². The molecular formula is C45H30NOPS. The zero-order chi connectivity index (χ0) is 32.8. The maximum atomic E-state index is 14.8. The first kappa shape index (κ1) is 29.5. The van der Waals surface area contributed by atoms with Gasteiger partial charge in [-0.3, -0.25) is 0 Å². The maximum Gasteiger partial charge on any atom is 0.171 e. The van der Waals surface area contributed by atoms with Crippen molar-refractivity contribution in [1.82, 2.24) is 4.98 Å². The molecule has 0 N–H and O–H groups in total. The summed E-state index contributed by atoms with van der Waals surface area (Å²) >= 11 is 1.82. The Balaban J connectivity index is 1.13. The van der Waals surface area contributed by atoms with Crippen LogP contribution in [0.5, 0.6) is 0 Å². The fourth-order valence-electron chi connectivity index (χ4n) is 6.96. The summed E-state index contributed by atoms with van der Waals surface area (Å²) in [5.41, 5.74) is 7.57. The summed E-state index contributed by atoms with van der Waals surface area (Å²) < 4.78 is 17.3. The summed E-state index contributed by atoms with van der Waals surface area (Å²) in [4.78, 5) is 5.39. The molecule has 0 aliphatic heterocycles. The number of rotatable bonds is 6. The summed E-state index contributed by atoms with van der Waals surface area (Å²) in [6, 6.07) is 62.3. The van der Waals surface area contributed by atoms with Crippen LogP contribution >= 0.6 is 18.5 Å². The number of hydrogen-bond acceptors (Lipinski definition) is 3. The molecule has 9 aromatic rings. The van der Waals surface area contributed by atoms with E-state index in [1.807, 2.05) is 84.1 Å². The number of para-hydroxylation sites is 1. The molecule has 0 unspecified atom stereocenters. The van der Waals surface area contributed by atoms with Gasteiger partial charge >= 0.3 is 0 Å². The van der Waals surface area contributed by atoms with Gasteiger partial charge in [-0.2, -0.15) is 0 Å². The normalized spacial score (nSPS) is 11.8. The van der Waals surface area contributed by atoms with Crippen molar-refractivity contribution in [3.63, 3.8) is 0 Å². The molecule has 0 spiro atoms. The average molecular weight is 664 g/mol. The highest BCUT2D eigenvalue weighted by atomic mass is 32.1. The van der Waals surface area contributed by atoms with Crippen LogP contribution in [0.15, 0.2) is 182 Å². The average Bonchev–Trinajstić information content (AvgIpc) is 3.58. The van der Waals surface area contributed by atoms with Gasteiger partial charge in [0, 0.05) is 47.9 Å². The molecule has 4 heteroatoms. The second-order valence-corrected chi connectivity index (χ2v) is 16.1. The smallest absolute Gasteiger partial charge is 0.171 e. The molecule has 7 aromatic carbocycles. The molecule has 0 saturated heterocycles. The van der Waals surface area contributed by atoms with Gasteiger partial charge in [0.1, 0.15) is 0 Å². The highest BCUT2D eigenvalue weighted by molar-refractivity contribution is 7.85. The van der Waals surface area contributed by atoms with Crippen LogP contribution in [0.2, 0.25) is 0 Å². The largest absolute Gasteiger partial charge is 0.309 e. The van der Waals surface area contributed by atoms with E-state index in [9.17, 15) is 4.57 Å². The van der Waals surface area contributed by atoms with Crippen LogP contribution in [0, 0.1) is 0 Å². The summed E-state index contributed by atoms with van der Waals surface area (Å²) in [5.74, 6) is 0. The lowest BCUT2D eigenvalue weighted by Gasteiger charge is -2.20. The fraction of sp³-hybridized carbons (Fsp3) is 0. The second-order valence-electron chi connectivity index (χ2n) is 12.2. The number of thiophene rings is 1. The predicted molar refractivity (Wildman–Crippen MR) is 210 cm³/mol. The minimum Gasteiger partial charge on any atom is -0.309 e. The van der Waals surface area contributed by atoms with Crippen molar-refractivity contribution in [2.45, 2.75) is 0 Å². The third-order valence-electron chi connectivity index (χ3n) is 9.39. The van der Waals surface area contributed by atoms with Crippen LogP contribution in [0.1, 0.15) is 0 Å². The molecule has 232 valence electrons. The maximum absolute atomic E-state index is 14.8. The third kappa shape index (κ3) is 5.02. The lowest BCUT2D eigenvalue weighted by molar-refractivity contribution is 0.592. The summed E-state index contributed by atoms with van der Waals surface area (Å²) in [6.45, 7) is 0. The van der Waals surface area contributed by atoms with Crippen molar-refractivity contribution in [2.24, 2.45) is 0 Å². The Labute approximate surface area is 289 Å². The van der Waals surface area contributed by atoms with Crippen molar-refractivity contribution in [3.05, 3.63) is 182 Å². The number of aromatic nitrogens is 1. The quantitative estimate of drug-likeness (QED) is 0.166. The van der Waals surface area contributed by atoms with Gasteiger partial charge in [0.15, 0.2) is 7.14 Å². The number of benzene rings is 7. The summed E-state index contributed by atoms with van der Waals surface area (Å²) in [6.07, 6.45) is 0. The molecule has 2 nitrogen and oxygen atoms in total. The predicted octanol–water partition coefficient (Wildman–Crippen LogP) is 11.2. The second kappa shape index (κ2) is 12.1. The first-order chi connectivity index (χ1) is 24.2. The van der Waals surface area contributed by atoms with Crippen LogP contribution in [0.25, 0.3) is 64.6 Å². The van der Waals surface area contributed by atoms with Crippen molar-refractivity contribution in [2.75, 3.05) is 0 Å². The SMILES string of the molecule is O=P(c1ccccc1)(c1ccccc1)c1ccc(-c2ccc(-c3cccc4c3nc(-c3ccccc3)c3sc5ccccc5c34)cc2)cc1. The van der Waals surface area contributed by atoms with Crippen molar-refractivity contribution in [1.29, 1.82) is 0 Å².